The fourth-order valence-corrected chi connectivity index (χ4v) is 4.00. The number of amides is 1. The number of benzene rings is 2. The summed E-state index contributed by atoms with van der Waals surface area (Å²) in [6.45, 7) is 1.64. The fourth-order valence-electron chi connectivity index (χ4n) is 2.59. The first-order valence-electron chi connectivity index (χ1n) is 8.32. The number of nitrogens with zero attached hydrogens (tertiary/aromatic N) is 1. The van der Waals surface area contributed by atoms with E-state index in [9.17, 15) is 13.2 Å². The summed E-state index contributed by atoms with van der Waals surface area (Å²) in [6.07, 6.45) is 0. The quantitative estimate of drug-likeness (QED) is 0.803. The number of hydrogen-bond acceptors (Lipinski definition) is 5. The second-order valence-corrected chi connectivity index (χ2v) is 7.75. The molecule has 1 saturated heterocycles. The maximum Gasteiger partial charge on any atom is 0.243 e. The number of sulfonamides is 1. The molecule has 138 valence electrons. The number of nitrogens with one attached hydrogen (secondary N) is 2. The summed E-state index contributed by atoms with van der Waals surface area (Å²) in [5, 5.41) is 5.76. The molecule has 3 rings (SSSR count). The molecule has 0 radical (unpaired) electrons. The summed E-state index contributed by atoms with van der Waals surface area (Å²) in [4.78, 5) is 12.2. The Balaban J connectivity index is 1.56. The molecule has 0 aliphatic carbocycles. The minimum atomic E-state index is -3.50. The van der Waals surface area contributed by atoms with E-state index in [0.29, 0.717) is 32.0 Å². The number of ether oxygens (including phenoxy) is 1. The molecular formula is C18H21N3O4S. The van der Waals surface area contributed by atoms with Crippen LogP contribution in [0.5, 0.6) is 0 Å². The summed E-state index contributed by atoms with van der Waals surface area (Å²) in [5.74, 6) is -0.179. The second-order valence-electron chi connectivity index (χ2n) is 5.81. The number of anilines is 2. The molecule has 2 N–H and O–H groups in total. The molecule has 0 saturated carbocycles. The number of carbonyl (C=O) groups excluding carboxylic acids is 1. The number of rotatable bonds is 6. The fraction of sp³-hybridized carbons (Fsp3) is 0.278. The van der Waals surface area contributed by atoms with E-state index >= 15 is 0 Å². The van der Waals surface area contributed by atoms with Crippen molar-refractivity contribution >= 4 is 27.3 Å². The number of carbonyl (C=O) groups is 1. The normalized spacial score (nSPS) is 15.4. The standard InChI is InChI=1S/C18H21N3O4S/c22-18(20-16-4-2-1-3-5-16)14-19-15-6-8-17(9-7-15)26(23,24)21-10-12-25-13-11-21/h1-9,19H,10-14H2,(H,20,22). The van der Waals surface area contributed by atoms with E-state index in [4.69, 9.17) is 4.74 Å². The van der Waals surface area contributed by atoms with Crippen molar-refractivity contribution in [3.63, 3.8) is 0 Å². The molecular weight excluding hydrogens is 354 g/mol. The molecule has 1 fully saturated rings. The molecule has 1 aliphatic rings. The third-order valence-corrected chi connectivity index (χ3v) is 5.89. The lowest BCUT2D eigenvalue weighted by molar-refractivity contribution is -0.114. The zero-order chi connectivity index (χ0) is 18.4. The van der Waals surface area contributed by atoms with Crippen LogP contribution in [0.1, 0.15) is 0 Å². The van der Waals surface area contributed by atoms with Gasteiger partial charge in [-0.1, -0.05) is 18.2 Å². The summed E-state index contributed by atoms with van der Waals surface area (Å²) in [5.41, 5.74) is 1.40. The van der Waals surface area contributed by atoms with Crippen molar-refractivity contribution in [1.29, 1.82) is 0 Å². The zero-order valence-electron chi connectivity index (χ0n) is 14.2. The third-order valence-electron chi connectivity index (χ3n) is 3.97. The average molecular weight is 375 g/mol. The molecule has 7 nitrogen and oxygen atoms in total. The highest BCUT2D eigenvalue weighted by Crippen LogP contribution is 2.19. The second kappa shape index (κ2) is 8.31. The lowest BCUT2D eigenvalue weighted by Crippen LogP contribution is -2.40. The van der Waals surface area contributed by atoms with Crippen molar-refractivity contribution < 1.29 is 17.9 Å². The molecule has 2 aromatic rings. The van der Waals surface area contributed by atoms with Crippen molar-refractivity contribution in [1.82, 2.24) is 4.31 Å². The van der Waals surface area contributed by atoms with Crippen LogP contribution in [0, 0.1) is 0 Å². The number of para-hydroxylation sites is 1. The topological polar surface area (TPSA) is 87.7 Å². The molecule has 0 atom stereocenters. The molecule has 2 aromatic carbocycles. The zero-order valence-corrected chi connectivity index (χ0v) is 15.0. The molecule has 1 aliphatic heterocycles. The van der Waals surface area contributed by atoms with E-state index in [0.717, 1.165) is 5.69 Å². The van der Waals surface area contributed by atoms with Gasteiger partial charge in [-0.15, -0.1) is 0 Å². The van der Waals surface area contributed by atoms with Crippen LogP contribution in [0.25, 0.3) is 0 Å². The van der Waals surface area contributed by atoms with Crippen molar-refractivity contribution in [2.75, 3.05) is 43.5 Å². The lowest BCUT2D eigenvalue weighted by atomic mass is 10.3. The van der Waals surface area contributed by atoms with Gasteiger partial charge in [-0.2, -0.15) is 4.31 Å². The van der Waals surface area contributed by atoms with Crippen LogP contribution in [-0.2, 0) is 19.6 Å². The monoisotopic (exact) mass is 375 g/mol. The Morgan fingerprint density at radius 2 is 1.62 bits per heavy atom. The van der Waals surface area contributed by atoms with Crippen LogP contribution in [0.3, 0.4) is 0 Å². The Morgan fingerprint density at radius 1 is 0.962 bits per heavy atom. The highest BCUT2D eigenvalue weighted by atomic mass is 32.2. The molecule has 26 heavy (non-hydrogen) atoms. The summed E-state index contributed by atoms with van der Waals surface area (Å²) in [7, 11) is -3.50. The predicted molar refractivity (Wildman–Crippen MR) is 99.6 cm³/mol. The number of morpholine rings is 1. The average Bonchev–Trinajstić information content (AvgIpc) is 2.68. The van der Waals surface area contributed by atoms with Crippen LogP contribution >= 0.6 is 0 Å². The molecule has 0 spiro atoms. The van der Waals surface area contributed by atoms with E-state index in [1.54, 1.807) is 24.3 Å². The van der Waals surface area contributed by atoms with Crippen molar-refractivity contribution in [3.8, 4) is 0 Å². The van der Waals surface area contributed by atoms with Gasteiger partial charge in [-0.3, -0.25) is 4.79 Å². The van der Waals surface area contributed by atoms with E-state index in [-0.39, 0.29) is 17.3 Å². The van der Waals surface area contributed by atoms with Gasteiger partial charge in [0, 0.05) is 24.5 Å². The van der Waals surface area contributed by atoms with Crippen molar-refractivity contribution in [2.24, 2.45) is 0 Å². The van der Waals surface area contributed by atoms with E-state index in [2.05, 4.69) is 10.6 Å². The van der Waals surface area contributed by atoms with E-state index in [1.165, 1.54) is 4.31 Å². The van der Waals surface area contributed by atoms with Crippen LogP contribution in [0.4, 0.5) is 11.4 Å². The maximum absolute atomic E-state index is 12.6. The highest BCUT2D eigenvalue weighted by Gasteiger charge is 2.26. The van der Waals surface area contributed by atoms with Gasteiger partial charge in [-0.05, 0) is 36.4 Å². The van der Waals surface area contributed by atoms with Crippen LogP contribution in [-0.4, -0.2) is 51.5 Å². The van der Waals surface area contributed by atoms with Gasteiger partial charge in [-0.25, -0.2) is 8.42 Å². The Hall–Kier alpha value is -2.42. The predicted octanol–water partition coefficient (Wildman–Crippen LogP) is 1.76. The molecule has 8 heteroatoms. The summed E-state index contributed by atoms with van der Waals surface area (Å²) < 4.78 is 31.7. The van der Waals surface area contributed by atoms with E-state index < -0.39 is 10.0 Å². The van der Waals surface area contributed by atoms with Crippen molar-refractivity contribution in [3.05, 3.63) is 54.6 Å². The molecule has 0 bridgehead atoms. The molecule has 0 aromatic heterocycles. The van der Waals surface area contributed by atoms with Gasteiger partial charge in [0.1, 0.15) is 0 Å². The Labute approximate surface area is 153 Å². The minimum Gasteiger partial charge on any atom is -0.379 e. The first-order chi connectivity index (χ1) is 12.6. The van der Waals surface area contributed by atoms with Gasteiger partial charge in [0.25, 0.3) is 0 Å². The summed E-state index contributed by atoms with van der Waals surface area (Å²) in [6, 6.07) is 15.6. The third kappa shape index (κ3) is 4.60. The first kappa shape index (κ1) is 18.4. The van der Waals surface area contributed by atoms with Gasteiger partial charge < -0.3 is 15.4 Å². The molecule has 1 amide bonds. The summed E-state index contributed by atoms with van der Waals surface area (Å²) >= 11 is 0. The molecule has 0 unspecified atom stereocenters. The van der Waals surface area contributed by atoms with E-state index in [1.807, 2.05) is 30.3 Å². The Bertz CT molecular complexity index is 832. The van der Waals surface area contributed by atoms with Crippen LogP contribution in [0.15, 0.2) is 59.5 Å². The lowest BCUT2D eigenvalue weighted by Gasteiger charge is -2.26. The maximum atomic E-state index is 12.6. The van der Waals surface area contributed by atoms with Crippen LogP contribution < -0.4 is 10.6 Å². The SMILES string of the molecule is O=C(CNc1ccc(S(=O)(=O)N2CCOCC2)cc1)Nc1ccccc1. The number of hydrogen-bond donors (Lipinski definition) is 2. The first-order valence-corrected chi connectivity index (χ1v) is 9.76. The van der Waals surface area contributed by atoms with Gasteiger partial charge in [0.15, 0.2) is 0 Å². The largest absolute Gasteiger partial charge is 0.379 e. The van der Waals surface area contributed by atoms with Gasteiger partial charge in [0.05, 0.1) is 24.7 Å². The Morgan fingerprint density at radius 3 is 2.27 bits per heavy atom. The smallest absolute Gasteiger partial charge is 0.243 e. The minimum absolute atomic E-state index is 0.0878. The van der Waals surface area contributed by atoms with Crippen LogP contribution in [0.2, 0.25) is 0 Å². The van der Waals surface area contributed by atoms with Gasteiger partial charge >= 0.3 is 0 Å². The van der Waals surface area contributed by atoms with Gasteiger partial charge in [0.2, 0.25) is 15.9 Å². The molecule has 1 heterocycles. The highest BCUT2D eigenvalue weighted by molar-refractivity contribution is 7.89. The van der Waals surface area contributed by atoms with Crippen molar-refractivity contribution in [2.45, 2.75) is 4.90 Å². The Kier molecular flexibility index (Phi) is 5.87.